The molecular formula is C13H14F2N2OS. The van der Waals surface area contributed by atoms with Crippen molar-refractivity contribution in [1.82, 2.24) is 9.55 Å². The number of hydrogen-bond donors (Lipinski definition) is 1. The molecule has 0 spiro atoms. The summed E-state index contributed by atoms with van der Waals surface area (Å²) in [6.07, 6.45) is 2.02. The third-order valence-electron chi connectivity index (χ3n) is 3.52. The molecule has 2 heterocycles. The molecule has 0 bridgehead atoms. The van der Waals surface area contributed by atoms with Crippen LogP contribution in [0.15, 0.2) is 12.1 Å². The quantitative estimate of drug-likeness (QED) is 0.857. The molecule has 1 aliphatic rings. The molecule has 3 nitrogen and oxygen atoms in total. The lowest BCUT2D eigenvalue weighted by Crippen LogP contribution is -2.22. The Bertz CT molecular complexity index is 658. The lowest BCUT2D eigenvalue weighted by atomic mass is 10.0. The van der Waals surface area contributed by atoms with Crippen molar-refractivity contribution in [3.63, 3.8) is 0 Å². The zero-order valence-corrected chi connectivity index (χ0v) is 11.1. The molecule has 1 aliphatic heterocycles. The fourth-order valence-corrected chi connectivity index (χ4v) is 2.85. The van der Waals surface area contributed by atoms with Crippen LogP contribution >= 0.6 is 12.2 Å². The smallest absolute Gasteiger partial charge is 0.184 e. The van der Waals surface area contributed by atoms with Crippen molar-refractivity contribution in [3.8, 4) is 0 Å². The van der Waals surface area contributed by atoms with E-state index in [0.717, 1.165) is 25.5 Å². The first-order valence-electron chi connectivity index (χ1n) is 6.31. The number of fused-ring (bicyclic) bond motifs is 1. The number of nitrogens with one attached hydrogen (secondary N) is 1. The monoisotopic (exact) mass is 284 g/mol. The van der Waals surface area contributed by atoms with Crippen LogP contribution in [0.1, 0.15) is 12.8 Å². The molecule has 0 radical (unpaired) electrons. The van der Waals surface area contributed by atoms with Crippen molar-refractivity contribution in [2.45, 2.75) is 19.4 Å². The van der Waals surface area contributed by atoms with Gasteiger partial charge < -0.3 is 14.3 Å². The van der Waals surface area contributed by atoms with E-state index in [2.05, 4.69) is 4.98 Å². The highest BCUT2D eigenvalue weighted by Gasteiger charge is 2.19. The second-order valence-corrected chi connectivity index (χ2v) is 5.27. The minimum atomic E-state index is -0.852. The van der Waals surface area contributed by atoms with Crippen LogP contribution in [0.5, 0.6) is 0 Å². The molecule has 1 N–H and O–H groups in total. The van der Waals surface area contributed by atoms with Crippen LogP contribution in [-0.4, -0.2) is 22.8 Å². The Morgan fingerprint density at radius 2 is 2.26 bits per heavy atom. The Labute approximate surface area is 114 Å². The minimum absolute atomic E-state index is 0.218. The van der Waals surface area contributed by atoms with Crippen LogP contribution in [0.4, 0.5) is 8.78 Å². The zero-order chi connectivity index (χ0) is 13.4. The van der Waals surface area contributed by atoms with Gasteiger partial charge in [0.05, 0.1) is 12.1 Å². The summed E-state index contributed by atoms with van der Waals surface area (Å²) in [4.78, 5) is 2.91. The number of rotatable bonds is 2. The molecule has 0 amide bonds. The second-order valence-electron chi connectivity index (χ2n) is 4.88. The van der Waals surface area contributed by atoms with Crippen LogP contribution < -0.4 is 0 Å². The molecule has 0 aliphatic carbocycles. The third-order valence-corrected chi connectivity index (χ3v) is 3.84. The molecule has 1 unspecified atom stereocenters. The van der Waals surface area contributed by atoms with Gasteiger partial charge in [0.1, 0.15) is 5.52 Å². The average Bonchev–Trinajstić information content (AvgIpc) is 2.73. The van der Waals surface area contributed by atoms with Crippen molar-refractivity contribution < 1.29 is 13.5 Å². The van der Waals surface area contributed by atoms with Gasteiger partial charge in [0.25, 0.3) is 0 Å². The van der Waals surface area contributed by atoms with Crippen LogP contribution in [0.2, 0.25) is 0 Å². The number of halogens is 2. The van der Waals surface area contributed by atoms with Crippen molar-refractivity contribution in [2.75, 3.05) is 13.2 Å². The van der Waals surface area contributed by atoms with Gasteiger partial charge in [-0.05, 0) is 37.2 Å². The van der Waals surface area contributed by atoms with E-state index in [1.165, 1.54) is 6.07 Å². The lowest BCUT2D eigenvalue weighted by molar-refractivity contribution is 0.0486. The maximum Gasteiger partial charge on any atom is 0.184 e. The molecule has 19 heavy (non-hydrogen) atoms. The highest BCUT2D eigenvalue weighted by molar-refractivity contribution is 7.71. The summed E-state index contributed by atoms with van der Waals surface area (Å²) >= 11 is 5.20. The van der Waals surface area contributed by atoms with Gasteiger partial charge in [-0.3, -0.25) is 0 Å². The summed E-state index contributed by atoms with van der Waals surface area (Å²) in [5.74, 6) is -1.40. The predicted octanol–water partition coefficient (Wildman–Crippen LogP) is 3.40. The Kier molecular flexibility index (Phi) is 3.36. The summed E-state index contributed by atoms with van der Waals surface area (Å²) in [5, 5.41) is 0. The van der Waals surface area contributed by atoms with Gasteiger partial charge >= 0.3 is 0 Å². The Morgan fingerprint density at radius 3 is 3.00 bits per heavy atom. The number of benzene rings is 1. The number of H-pyrrole nitrogens is 1. The Morgan fingerprint density at radius 1 is 1.42 bits per heavy atom. The first-order valence-corrected chi connectivity index (χ1v) is 6.72. The molecule has 1 fully saturated rings. The molecule has 1 aromatic heterocycles. The van der Waals surface area contributed by atoms with Crippen LogP contribution in [0, 0.1) is 22.3 Å². The average molecular weight is 284 g/mol. The summed E-state index contributed by atoms with van der Waals surface area (Å²) < 4.78 is 34.8. The van der Waals surface area contributed by atoms with E-state index < -0.39 is 11.6 Å². The molecule has 1 aromatic carbocycles. The molecule has 1 saturated heterocycles. The van der Waals surface area contributed by atoms with Gasteiger partial charge in [0.2, 0.25) is 0 Å². The third kappa shape index (κ3) is 2.30. The second kappa shape index (κ2) is 5.02. The Hall–Kier alpha value is -1.27. The van der Waals surface area contributed by atoms with E-state index in [9.17, 15) is 8.78 Å². The Balaban J connectivity index is 2.04. The highest BCUT2D eigenvalue weighted by Crippen LogP contribution is 2.23. The SMILES string of the molecule is Fc1ccc2[nH]c(=S)n(CC3CCCOC3)c2c1F. The van der Waals surface area contributed by atoms with Crippen molar-refractivity contribution in [1.29, 1.82) is 0 Å². The van der Waals surface area contributed by atoms with E-state index in [-0.39, 0.29) is 5.52 Å². The molecule has 3 rings (SSSR count). The van der Waals surface area contributed by atoms with Crippen LogP contribution in [0.25, 0.3) is 11.0 Å². The zero-order valence-electron chi connectivity index (χ0n) is 10.3. The number of imidazole rings is 1. The van der Waals surface area contributed by atoms with Gasteiger partial charge in [-0.15, -0.1) is 0 Å². The standard InChI is InChI=1S/C13H14F2N2OS/c14-9-3-4-10-12(11(9)15)17(13(19)16-10)6-8-2-1-5-18-7-8/h3-4,8H,1-2,5-7H2,(H,16,19). The van der Waals surface area contributed by atoms with Gasteiger partial charge in [-0.2, -0.15) is 0 Å². The van der Waals surface area contributed by atoms with Crippen LogP contribution in [-0.2, 0) is 11.3 Å². The fourth-order valence-electron chi connectivity index (χ4n) is 2.57. The largest absolute Gasteiger partial charge is 0.381 e. The molecular weight excluding hydrogens is 270 g/mol. The number of nitrogens with zero attached hydrogens (tertiary/aromatic N) is 1. The van der Waals surface area contributed by atoms with Gasteiger partial charge in [-0.25, -0.2) is 8.78 Å². The molecule has 0 saturated carbocycles. The van der Waals surface area contributed by atoms with Crippen molar-refractivity contribution in [2.24, 2.45) is 5.92 Å². The van der Waals surface area contributed by atoms with Crippen molar-refractivity contribution >= 4 is 23.3 Å². The molecule has 102 valence electrons. The number of aromatic amines is 1. The molecule has 2 aromatic rings. The fraction of sp³-hybridized carbons (Fsp3) is 0.462. The number of ether oxygens (including phenoxy) is 1. The lowest BCUT2D eigenvalue weighted by Gasteiger charge is -2.22. The number of aromatic nitrogens is 2. The van der Waals surface area contributed by atoms with E-state index in [1.807, 2.05) is 0 Å². The topological polar surface area (TPSA) is 29.9 Å². The summed E-state index contributed by atoms with van der Waals surface area (Å²) in [6.45, 7) is 1.98. The first kappa shape index (κ1) is 12.7. The summed E-state index contributed by atoms with van der Waals surface area (Å²) in [6, 6.07) is 2.62. The first-order chi connectivity index (χ1) is 9.16. The molecule has 1 atom stereocenters. The predicted molar refractivity (Wildman–Crippen MR) is 70.6 cm³/mol. The maximum atomic E-state index is 13.9. The van der Waals surface area contributed by atoms with Crippen LogP contribution in [0.3, 0.4) is 0 Å². The summed E-state index contributed by atoms with van der Waals surface area (Å²) in [7, 11) is 0. The maximum absolute atomic E-state index is 13.9. The normalized spacial score (nSPS) is 20.0. The highest BCUT2D eigenvalue weighted by atomic mass is 32.1. The van der Waals surface area contributed by atoms with Gasteiger partial charge in [0, 0.05) is 19.1 Å². The van der Waals surface area contributed by atoms with Crippen molar-refractivity contribution in [3.05, 3.63) is 28.5 Å². The van der Waals surface area contributed by atoms with Gasteiger partial charge in [-0.1, -0.05) is 0 Å². The summed E-state index contributed by atoms with van der Waals surface area (Å²) in [5.41, 5.74) is 0.746. The molecule has 6 heteroatoms. The number of hydrogen-bond acceptors (Lipinski definition) is 2. The van der Waals surface area contributed by atoms with E-state index in [1.54, 1.807) is 4.57 Å². The van der Waals surface area contributed by atoms with E-state index >= 15 is 0 Å². The van der Waals surface area contributed by atoms with E-state index in [4.69, 9.17) is 17.0 Å². The van der Waals surface area contributed by atoms with Gasteiger partial charge in [0.15, 0.2) is 16.4 Å². The minimum Gasteiger partial charge on any atom is -0.381 e. The van der Waals surface area contributed by atoms with E-state index in [0.29, 0.717) is 29.4 Å².